The molecule has 0 saturated heterocycles. The minimum absolute atomic E-state index is 0.766. The maximum absolute atomic E-state index is 5.30. The number of aryl methyl sites for hydroxylation is 1. The second kappa shape index (κ2) is 4.18. The lowest BCUT2D eigenvalue weighted by Crippen LogP contribution is -2.21. The highest BCUT2D eigenvalue weighted by Crippen LogP contribution is 2.15. The van der Waals surface area contributed by atoms with Crippen LogP contribution >= 0.6 is 12.2 Å². The normalized spacial score (nSPS) is 10.4. The molecule has 0 aliphatic carbocycles. The van der Waals surface area contributed by atoms with Gasteiger partial charge in [-0.05, 0) is 25.1 Å². The third-order valence-electron chi connectivity index (χ3n) is 2.47. The van der Waals surface area contributed by atoms with Crippen LogP contribution in [0.2, 0.25) is 0 Å². The van der Waals surface area contributed by atoms with Crippen molar-refractivity contribution in [3.8, 4) is 0 Å². The third kappa shape index (κ3) is 2.04. The Hall–Kier alpha value is -1.48. The predicted molar refractivity (Wildman–Crippen MR) is 71.9 cm³/mol. The molecule has 0 fully saturated rings. The quantitative estimate of drug-likeness (QED) is 0.701. The van der Waals surface area contributed by atoms with E-state index >= 15 is 0 Å². The minimum atomic E-state index is 0.766. The van der Waals surface area contributed by atoms with Crippen LogP contribution in [0.25, 0.3) is 10.9 Å². The number of thiocarbonyl (C=S) groups is 1. The lowest BCUT2D eigenvalue weighted by molar-refractivity contribution is 0.635. The van der Waals surface area contributed by atoms with E-state index in [0.29, 0.717) is 0 Å². The van der Waals surface area contributed by atoms with Gasteiger partial charge in [0.1, 0.15) is 4.99 Å². The number of nitrogens with zero attached hydrogens (tertiary/aromatic N) is 2. The Balaban J connectivity index is 2.52. The fourth-order valence-corrected chi connectivity index (χ4v) is 1.71. The zero-order chi connectivity index (χ0) is 11.7. The molecule has 2 aromatic rings. The van der Waals surface area contributed by atoms with E-state index < -0.39 is 0 Å². The molecule has 1 aromatic heterocycles. The van der Waals surface area contributed by atoms with E-state index in [4.69, 9.17) is 12.2 Å². The van der Waals surface area contributed by atoms with Crippen molar-refractivity contribution in [1.82, 2.24) is 9.88 Å². The van der Waals surface area contributed by atoms with Crippen molar-refractivity contribution in [2.45, 2.75) is 6.92 Å². The van der Waals surface area contributed by atoms with E-state index in [2.05, 4.69) is 30.1 Å². The molecule has 0 bridgehead atoms. The van der Waals surface area contributed by atoms with E-state index in [1.807, 2.05) is 31.1 Å². The highest BCUT2D eigenvalue weighted by atomic mass is 32.1. The summed E-state index contributed by atoms with van der Waals surface area (Å²) >= 11 is 5.30. The van der Waals surface area contributed by atoms with Crippen LogP contribution in [0.4, 0.5) is 0 Å². The Bertz CT molecular complexity index is 547. The number of benzene rings is 1. The van der Waals surface area contributed by atoms with Gasteiger partial charge < -0.3 is 4.90 Å². The van der Waals surface area contributed by atoms with Crippen LogP contribution in [0.3, 0.4) is 0 Å². The highest BCUT2D eigenvalue weighted by Gasteiger charge is 2.05. The Morgan fingerprint density at radius 3 is 2.62 bits per heavy atom. The van der Waals surface area contributed by atoms with Gasteiger partial charge in [-0.3, -0.25) is 0 Å². The van der Waals surface area contributed by atoms with Crippen LogP contribution in [0.1, 0.15) is 11.3 Å². The van der Waals surface area contributed by atoms with Crippen molar-refractivity contribution in [2.24, 2.45) is 0 Å². The van der Waals surface area contributed by atoms with Gasteiger partial charge in [-0.25, -0.2) is 4.98 Å². The number of pyridine rings is 1. The van der Waals surface area contributed by atoms with E-state index in [9.17, 15) is 0 Å². The number of fused-ring (bicyclic) bond motifs is 1. The average molecular weight is 230 g/mol. The summed E-state index contributed by atoms with van der Waals surface area (Å²) in [5.74, 6) is 0. The molecule has 0 amide bonds. The molecule has 3 heteroatoms. The average Bonchev–Trinajstić information content (AvgIpc) is 2.27. The molecule has 0 saturated carbocycles. The van der Waals surface area contributed by atoms with E-state index in [1.165, 1.54) is 5.56 Å². The molecule has 82 valence electrons. The first kappa shape index (κ1) is 11.0. The summed E-state index contributed by atoms with van der Waals surface area (Å²) in [6.07, 6.45) is 0. The number of hydrogen-bond donors (Lipinski definition) is 0. The van der Waals surface area contributed by atoms with Gasteiger partial charge in [0, 0.05) is 19.5 Å². The summed E-state index contributed by atoms with van der Waals surface area (Å²) in [7, 11) is 3.87. The van der Waals surface area contributed by atoms with Gasteiger partial charge in [-0.2, -0.15) is 0 Å². The Morgan fingerprint density at radius 1 is 1.19 bits per heavy atom. The molecule has 0 spiro atoms. The molecule has 1 aromatic carbocycles. The molecule has 0 aliphatic heterocycles. The molecule has 0 atom stereocenters. The number of rotatable bonds is 1. The highest BCUT2D eigenvalue weighted by molar-refractivity contribution is 7.80. The van der Waals surface area contributed by atoms with Crippen LogP contribution < -0.4 is 0 Å². The van der Waals surface area contributed by atoms with Crippen molar-refractivity contribution in [3.63, 3.8) is 0 Å². The maximum atomic E-state index is 5.30. The van der Waals surface area contributed by atoms with Crippen LogP contribution in [-0.4, -0.2) is 29.0 Å². The molecule has 0 radical (unpaired) electrons. The van der Waals surface area contributed by atoms with Crippen LogP contribution in [-0.2, 0) is 0 Å². The van der Waals surface area contributed by atoms with Crippen LogP contribution in [0.5, 0.6) is 0 Å². The first-order valence-electron chi connectivity index (χ1n) is 5.17. The van der Waals surface area contributed by atoms with Gasteiger partial charge in [0.2, 0.25) is 0 Å². The molecular formula is C13H14N2S. The van der Waals surface area contributed by atoms with E-state index in [0.717, 1.165) is 21.6 Å². The molecule has 0 aliphatic rings. The maximum Gasteiger partial charge on any atom is 0.127 e. The van der Waals surface area contributed by atoms with Gasteiger partial charge in [-0.15, -0.1) is 0 Å². The molecule has 2 nitrogen and oxygen atoms in total. The van der Waals surface area contributed by atoms with Gasteiger partial charge in [0.15, 0.2) is 0 Å². The SMILES string of the molecule is Cc1ccc2nc(C(=S)N(C)C)ccc2c1. The van der Waals surface area contributed by atoms with E-state index in [1.54, 1.807) is 0 Å². The van der Waals surface area contributed by atoms with Gasteiger partial charge in [0.05, 0.1) is 11.2 Å². The molecule has 2 rings (SSSR count). The first-order chi connectivity index (χ1) is 7.58. The van der Waals surface area contributed by atoms with Gasteiger partial charge in [-0.1, -0.05) is 29.9 Å². The molecule has 0 N–H and O–H groups in total. The summed E-state index contributed by atoms with van der Waals surface area (Å²) in [6.45, 7) is 2.08. The predicted octanol–water partition coefficient (Wildman–Crippen LogP) is 2.78. The Morgan fingerprint density at radius 2 is 1.94 bits per heavy atom. The topological polar surface area (TPSA) is 16.1 Å². The summed E-state index contributed by atoms with van der Waals surface area (Å²) < 4.78 is 0. The second-order valence-electron chi connectivity index (χ2n) is 4.09. The third-order valence-corrected chi connectivity index (χ3v) is 3.04. The Kier molecular flexibility index (Phi) is 2.88. The monoisotopic (exact) mass is 230 g/mol. The zero-order valence-electron chi connectivity index (χ0n) is 9.69. The molecule has 0 unspecified atom stereocenters. The van der Waals surface area contributed by atoms with Crippen molar-refractivity contribution in [1.29, 1.82) is 0 Å². The lowest BCUT2D eigenvalue weighted by Gasteiger charge is -2.13. The fourth-order valence-electron chi connectivity index (χ4n) is 1.59. The van der Waals surface area contributed by atoms with Gasteiger partial charge >= 0.3 is 0 Å². The van der Waals surface area contributed by atoms with Gasteiger partial charge in [0.25, 0.3) is 0 Å². The summed E-state index contributed by atoms with van der Waals surface area (Å²) in [5.41, 5.74) is 3.10. The van der Waals surface area contributed by atoms with E-state index in [-0.39, 0.29) is 0 Å². The molecule has 16 heavy (non-hydrogen) atoms. The zero-order valence-corrected chi connectivity index (χ0v) is 10.5. The fraction of sp³-hybridized carbons (Fsp3) is 0.231. The first-order valence-corrected chi connectivity index (χ1v) is 5.58. The molecular weight excluding hydrogens is 216 g/mol. The standard InChI is InChI=1S/C13H14N2S/c1-9-4-6-11-10(8-9)5-7-12(14-11)13(16)15(2)3/h4-8H,1-3H3. The molecule has 1 heterocycles. The second-order valence-corrected chi connectivity index (χ2v) is 4.48. The summed E-state index contributed by atoms with van der Waals surface area (Å²) in [6, 6.07) is 10.3. The largest absolute Gasteiger partial charge is 0.367 e. The Labute approximate surface area is 101 Å². The van der Waals surface area contributed by atoms with Crippen molar-refractivity contribution >= 4 is 28.1 Å². The number of aromatic nitrogens is 1. The van der Waals surface area contributed by atoms with Crippen LogP contribution in [0, 0.1) is 6.92 Å². The smallest absolute Gasteiger partial charge is 0.127 e. The van der Waals surface area contributed by atoms with Crippen LogP contribution in [0.15, 0.2) is 30.3 Å². The lowest BCUT2D eigenvalue weighted by atomic mass is 10.1. The van der Waals surface area contributed by atoms with Crippen molar-refractivity contribution < 1.29 is 0 Å². The number of hydrogen-bond acceptors (Lipinski definition) is 2. The summed E-state index contributed by atoms with van der Waals surface area (Å²) in [5, 5.41) is 1.16. The van der Waals surface area contributed by atoms with Crippen molar-refractivity contribution in [2.75, 3.05) is 14.1 Å². The minimum Gasteiger partial charge on any atom is -0.367 e. The summed E-state index contributed by atoms with van der Waals surface area (Å²) in [4.78, 5) is 7.22. The van der Waals surface area contributed by atoms with Crippen molar-refractivity contribution in [3.05, 3.63) is 41.6 Å².